The van der Waals surface area contributed by atoms with Crippen molar-refractivity contribution >= 4 is 40.6 Å². The van der Waals surface area contributed by atoms with E-state index in [2.05, 4.69) is 10.3 Å². The van der Waals surface area contributed by atoms with Crippen LogP contribution in [0.15, 0.2) is 36.5 Å². The summed E-state index contributed by atoms with van der Waals surface area (Å²) < 4.78 is 0. The molecular formula is C12H9Cl2N3O. The molecule has 0 fully saturated rings. The van der Waals surface area contributed by atoms with Crippen LogP contribution in [0, 0.1) is 0 Å². The van der Waals surface area contributed by atoms with Crippen molar-refractivity contribution in [2.75, 3.05) is 11.1 Å². The Morgan fingerprint density at radius 2 is 2.06 bits per heavy atom. The SMILES string of the molecule is Nc1ncc(C(=O)Nc2cccc(Cl)c2)cc1Cl. The molecule has 0 saturated carbocycles. The summed E-state index contributed by atoms with van der Waals surface area (Å²) in [5.74, 6) is -0.136. The van der Waals surface area contributed by atoms with Crippen molar-refractivity contribution in [1.29, 1.82) is 0 Å². The van der Waals surface area contributed by atoms with Gasteiger partial charge in [0.15, 0.2) is 0 Å². The first kappa shape index (κ1) is 12.7. The minimum atomic E-state index is -0.327. The Morgan fingerprint density at radius 1 is 1.28 bits per heavy atom. The van der Waals surface area contributed by atoms with E-state index in [0.717, 1.165) is 0 Å². The zero-order valence-corrected chi connectivity index (χ0v) is 10.7. The molecule has 3 N–H and O–H groups in total. The maximum atomic E-state index is 11.9. The summed E-state index contributed by atoms with van der Waals surface area (Å²) in [6, 6.07) is 8.30. The minimum Gasteiger partial charge on any atom is -0.382 e. The van der Waals surface area contributed by atoms with E-state index < -0.39 is 0 Å². The number of pyridine rings is 1. The molecule has 2 rings (SSSR count). The van der Waals surface area contributed by atoms with Crippen molar-refractivity contribution in [3.63, 3.8) is 0 Å². The number of hydrogen-bond acceptors (Lipinski definition) is 3. The molecule has 0 atom stereocenters. The molecule has 0 aliphatic carbocycles. The molecule has 0 bridgehead atoms. The summed E-state index contributed by atoms with van der Waals surface area (Å²) in [5.41, 5.74) is 6.39. The summed E-state index contributed by atoms with van der Waals surface area (Å²) in [5, 5.41) is 3.47. The Hall–Kier alpha value is -1.78. The van der Waals surface area contributed by atoms with Crippen molar-refractivity contribution in [2.24, 2.45) is 0 Å². The quantitative estimate of drug-likeness (QED) is 0.888. The van der Waals surface area contributed by atoms with Gasteiger partial charge in [-0.15, -0.1) is 0 Å². The third kappa shape index (κ3) is 2.91. The maximum Gasteiger partial charge on any atom is 0.257 e. The summed E-state index contributed by atoms with van der Waals surface area (Å²) >= 11 is 11.6. The standard InChI is InChI=1S/C12H9Cl2N3O/c13-8-2-1-3-9(5-8)17-12(18)7-4-10(14)11(15)16-6-7/h1-6H,(H2,15,16)(H,17,18). The van der Waals surface area contributed by atoms with Crippen molar-refractivity contribution in [3.8, 4) is 0 Å². The number of nitrogens with one attached hydrogen (secondary N) is 1. The number of nitrogen functional groups attached to an aromatic ring is 1. The number of hydrogen-bond donors (Lipinski definition) is 2. The van der Waals surface area contributed by atoms with Gasteiger partial charge in [0.1, 0.15) is 5.82 Å². The molecule has 1 aromatic heterocycles. The van der Waals surface area contributed by atoms with Crippen LogP contribution >= 0.6 is 23.2 Å². The van der Waals surface area contributed by atoms with Gasteiger partial charge in [-0.1, -0.05) is 29.3 Å². The number of nitrogens with two attached hydrogens (primary N) is 1. The molecule has 1 heterocycles. The second-order valence-electron chi connectivity index (χ2n) is 3.56. The first-order valence-electron chi connectivity index (χ1n) is 5.04. The summed E-state index contributed by atoms with van der Waals surface area (Å²) in [6.45, 7) is 0. The Labute approximate surface area is 114 Å². The van der Waals surface area contributed by atoms with E-state index in [0.29, 0.717) is 16.3 Å². The highest BCUT2D eigenvalue weighted by Gasteiger charge is 2.09. The van der Waals surface area contributed by atoms with Crippen LogP contribution in [0.2, 0.25) is 10.0 Å². The van der Waals surface area contributed by atoms with Crippen LogP contribution in [-0.2, 0) is 0 Å². The number of benzene rings is 1. The molecule has 0 aliphatic rings. The third-order valence-corrected chi connectivity index (χ3v) is 2.75. The number of amides is 1. The zero-order valence-electron chi connectivity index (χ0n) is 9.15. The van der Waals surface area contributed by atoms with E-state index in [1.807, 2.05) is 0 Å². The van der Waals surface area contributed by atoms with Gasteiger partial charge in [0, 0.05) is 16.9 Å². The average molecular weight is 282 g/mol. The molecule has 92 valence electrons. The van der Waals surface area contributed by atoms with Crippen molar-refractivity contribution in [3.05, 3.63) is 52.1 Å². The van der Waals surface area contributed by atoms with Crippen molar-refractivity contribution in [1.82, 2.24) is 4.98 Å². The monoisotopic (exact) mass is 281 g/mol. The third-order valence-electron chi connectivity index (χ3n) is 2.21. The minimum absolute atomic E-state index is 0.191. The molecule has 0 radical (unpaired) electrons. The molecule has 4 nitrogen and oxygen atoms in total. The van der Waals surface area contributed by atoms with Crippen LogP contribution in [0.3, 0.4) is 0 Å². The lowest BCUT2D eigenvalue weighted by Crippen LogP contribution is -2.12. The molecule has 0 unspecified atom stereocenters. The topological polar surface area (TPSA) is 68.0 Å². The maximum absolute atomic E-state index is 11.9. The molecule has 0 spiro atoms. The van der Waals surface area contributed by atoms with Crippen LogP contribution < -0.4 is 11.1 Å². The van der Waals surface area contributed by atoms with Gasteiger partial charge in [0.2, 0.25) is 0 Å². The molecule has 2 aromatic rings. The molecule has 6 heteroatoms. The summed E-state index contributed by atoms with van der Waals surface area (Å²) in [6.07, 6.45) is 1.36. The van der Waals surface area contributed by atoms with Gasteiger partial charge in [0.25, 0.3) is 5.91 Å². The predicted molar refractivity (Wildman–Crippen MR) is 73.1 cm³/mol. The van der Waals surface area contributed by atoms with Gasteiger partial charge in [-0.2, -0.15) is 0 Å². The van der Waals surface area contributed by atoms with Gasteiger partial charge < -0.3 is 11.1 Å². The van der Waals surface area contributed by atoms with E-state index in [1.165, 1.54) is 12.3 Å². The molecular weight excluding hydrogens is 273 g/mol. The van der Waals surface area contributed by atoms with Crippen LogP contribution in [0.4, 0.5) is 11.5 Å². The van der Waals surface area contributed by atoms with E-state index in [-0.39, 0.29) is 16.7 Å². The van der Waals surface area contributed by atoms with Gasteiger partial charge in [-0.3, -0.25) is 4.79 Å². The number of nitrogens with zero attached hydrogens (tertiary/aromatic N) is 1. The van der Waals surface area contributed by atoms with Gasteiger partial charge in [-0.05, 0) is 24.3 Å². The molecule has 0 saturated heterocycles. The lowest BCUT2D eigenvalue weighted by molar-refractivity contribution is 0.102. The van der Waals surface area contributed by atoms with Crippen LogP contribution in [0.1, 0.15) is 10.4 Å². The zero-order chi connectivity index (χ0) is 13.1. The predicted octanol–water partition coefficient (Wildman–Crippen LogP) is 3.22. The number of anilines is 2. The fraction of sp³-hybridized carbons (Fsp3) is 0. The number of carbonyl (C=O) groups excluding carboxylic acids is 1. The average Bonchev–Trinajstić information content (AvgIpc) is 2.32. The smallest absolute Gasteiger partial charge is 0.257 e. The van der Waals surface area contributed by atoms with Crippen LogP contribution in [0.25, 0.3) is 0 Å². The molecule has 0 aliphatic heterocycles. The number of halogens is 2. The Bertz CT molecular complexity index is 602. The van der Waals surface area contributed by atoms with E-state index in [1.54, 1.807) is 24.3 Å². The summed E-state index contributed by atoms with van der Waals surface area (Å²) in [7, 11) is 0. The second kappa shape index (κ2) is 5.25. The largest absolute Gasteiger partial charge is 0.382 e. The normalized spacial score (nSPS) is 10.1. The molecule has 1 amide bonds. The Morgan fingerprint density at radius 3 is 2.72 bits per heavy atom. The number of aromatic nitrogens is 1. The number of rotatable bonds is 2. The first-order valence-corrected chi connectivity index (χ1v) is 5.80. The highest BCUT2D eigenvalue weighted by molar-refractivity contribution is 6.33. The molecule has 1 aromatic carbocycles. The van der Waals surface area contributed by atoms with E-state index in [4.69, 9.17) is 28.9 Å². The summed E-state index contributed by atoms with van der Waals surface area (Å²) in [4.78, 5) is 15.7. The highest BCUT2D eigenvalue weighted by atomic mass is 35.5. The van der Waals surface area contributed by atoms with Gasteiger partial charge in [0.05, 0.1) is 10.6 Å². The van der Waals surface area contributed by atoms with E-state index in [9.17, 15) is 4.79 Å². The fourth-order valence-electron chi connectivity index (χ4n) is 1.34. The Kier molecular flexibility index (Phi) is 3.69. The molecule has 18 heavy (non-hydrogen) atoms. The second-order valence-corrected chi connectivity index (χ2v) is 4.40. The fourth-order valence-corrected chi connectivity index (χ4v) is 1.70. The van der Waals surface area contributed by atoms with Gasteiger partial charge >= 0.3 is 0 Å². The van der Waals surface area contributed by atoms with Crippen molar-refractivity contribution in [2.45, 2.75) is 0 Å². The lowest BCUT2D eigenvalue weighted by atomic mass is 10.2. The Balaban J connectivity index is 2.19. The van der Waals surface area contributed by atoms with Crippen molar-refractivity contribution < 1.29 is 4.79 Å². The lowest BCUT2D eigenvalue weighted by Gasteiger charge is -2.06. The number of carbonyl (C=O) groups is 1. The highest BCUT2D eigenvalue weighted by Crippen LogP contribution is 2.19. The van der Waals surface area contributed by atoms with Crippen LogP contribution in [0.5, 0.6) is 0 Å². The van der Waals surface area contributed by atoms with Crippen LogP contribution in [-0.4, -0.2) is 10.9 Å². The van der Waals surface area contributed by atoms with Gasteiger partial charge in [-0.25, -0.2) is 4.98 Å². The first-order chi connectivity index (χ1) is 8.56. The van der Waals surface area contributed by atoms with E-state index >= 15 is 0 Å².